The summed E-state index contributed by atoms with van der Waals surface area (Å²) in [7, 11) is 0. The van der Waals surface area contributed by atoms with Crippen LogP contribution < -0.4 is 0 Å². The zero-order valence-electron chi connectivity index (χ0n) is 10.6. The summed E-state index contributed by atoms with van der Waals surface area (Å²) in [4.78, 5) is 2.63. The van der Waals surface area contributed by atoms with Gasteiger partial charge in [0.2, 0.25) is 0 Å². The molecule has 0 atom stereocenters. The van der Waals surface area contributed by atoms with Crippen LogP contribution in [0.4, 0.5) is 0 Å². The maximum atomic E-state index is 2.63. The molecular weight excluding hydrogens is 275 g/mol. The average molecular weight is 304 g/mol. The molecule has 0 aliphatic carbocycles. The number of hydrogen-bond acceptors (Lipinski definition) is 0. The zero-order chi connectivity index (χ0) is 10.6. The van der Waals surface area contributed by atoms with Gasteiger partial charge >= 0.3 is 98.8 Å². The Balaban J connectivity index is 3.07. The van der Waals surface area contributed by atoms with Crippen molar-refractivity contribution in [1.82, 2.24) is 0 Å². The van der Waals surface area contributed by atoms with Gasteiger partial charge in [-0.3, -0.25) is 0 Å². The van der Waals surface area contributed by atoms with E-state index in [0.717, 1.165) is 0 Å². The van der Waals surface area contributed by atoms with Crippen molar-refractivity contribution in [1.29, 1.82) is 0 Å². The fraction of sp³-hybridized carbons (Fsp3) is 1.00. The van der Waals surface area contributed by atoms with E-state index < -0.39 is 19.8 Å². The molecule has 0 radical (unpaired) electrons. The van der Waals surface area contributed by atoms with Crippen LogP contribution >= 0.6 is 0 Å². The van der Waals surface area contributed by atoms with E-state index in [4.69, 9.17) is 0 Å². The van der Waals surface area contributed by atoms with Crippen LogP contribution in [0, 0.1) is 0 Å². The van der Waals surface area contributed by atoms with Gasteiger partial charge in [-0.15, -0.1) is 0 Å². The standard InChI is InChI=1S/2C6H13.CH3.Sn/c2*1-3-5-6-4-2;;/h2*1,3-6H2,2H3;1H3;/q;;;+1. The van der Waals surface area contributed by atoms with Crippen LogP contribution in [0.5, 0.6) is 0 Å². The molecule has 0 heterocycles. The topological polar surface area (TPSA) is 0 Å². The van der Waals surface area contributed by atoms with Gasteiger partial charge in [-0.1, -0.05) is 0 Å². The minimum atomic E-state index is -0.813. The summed E-state index contributed by atoms with van der Waals surface area (Å²) >= 11 is -0.813. The van der Waals surface area contributed by atoms with E-state index >= 15 is 0 Å². The van der Waals surface area contributed by atoms with Crippen molar-refractivity contribution in [3.8, 4) is 0 Å². The van der Waals surface area contributed by atoms with Gasteiger partial charge in [0.15, 0.2) is 0 Å². The summed E-state index contributed by atoms with van der Waals surface area (Å²) in [6.45, 7) is 4.60. The molecule has 0 aromatic heterocycles. The first-order chi connectivity index (χ1) is 6.81. The van der Waals surface area contributed by atoms with Crippen LogP contribution in [0.3, 0.4) is 0 Å². The Hall–Kier alpha value is 0.799. The fourth-order valence-corrected chi connectivity index (χ4v) is 7.42. The number of unbranched alkanes of at least 4 members (excludes halogenated alkanes) is 6. The summed E-state index contributed by atoms with van der Waals surface area (Å²) in [5, 5.41) is 0. The average Bonchev–Trinajstić information content (AvgIpc) is 2.19. The number of hydrogen-bond donors (Lipinski definition) is 0. The third-order valence-corrected chi connectivity index (χ3v) is 9.80. The van der Waals surface area contributed by atoms with Gasteiger partial charge in [0.1, 0.15) is 0 Å². The van der Waals surface area contributed by atoms with Crippen molar-refractivity contribution in [2.75, 3.05) is 0 Å². The second kappa shape index (κ2) is 11.9. The maximum absolute atomic E-state index is 2.63. The van der Waals surface area contributed by atoms with Crippen LogP contribution in [-0.2, 0) is 0 Å². The van der Waals surface area contributed by atoms with Gasteiger partial charge < -0.3 is 0 Å². The number of rotatable bonds is 10. The molecule has 0 aromatic rings. The van der Waals surface area contributed by atoms with Crippen LogP contribution in [0.15, 0.2) is 0 Å². The van der Waals surface area contributed by atoms with Gasteiger partial charge in [-0.05, 0) is 0 Å². The first-order valence-corrected chi connectivity index (χ1v) is 13.5. The molecular formula is C13H29Sn+. The fourth-order valence-electron chi connectivity index (χ4n) is 1.83. The normalized spacial score (nSPS) is 10.5. The summed E-state index contributed by atoms with van der Waals surface area (Å²) < 4.78 is 3.32. The van der Waals surface area contributed by atoms with E-state index in [2.05, 4.69) is 18.8 Å². The third-order valence-electron chi connectivity index (χ3n) is 2.91. The van der Waals surface area contributed by atoms with E-state index in [1.54, 1.807) is 21.7 Å². The first kappa shape index (κ1) is 14.8. The molecule has 1 heteroatoms. The molecule has 14 heavy (non-hydrogen) atoms. The van der Waals surface area contributed by atoms with E-state index in [1.807, 2.05) is 0 Å². The van der Waals surface area contributed by atoms with Crippen LogP contribution in [0.2, 0.25) is 13.8 Å². The van der Waals surface area contributed by atoms with Crippen molar-refractivity contribution in [2.24, 2.45) is 0 Å². The molecule has 0 nitrogen and oxygen atoms in total. The summed E-state index contributed by atoms with van der Waals surface area (Å²) in [6.07, 6.45) is 11.8. The molecule has 0 N–H and O–H groups in total. The van der Waals surface area contributed by atoms with Gasteiger partial charge in [-0.2, -0.15) is 0 Å². The van der Waals surface area contributed by atoms with Crippen molar-refractivity contribution in [3.63, 3.8) is 0 Å². The monoisotopic (exact) mass is 305 g/mol. The van der Waals surface area contributed by atoms with Gasteiger partial charge in [-0.25, -0.2) is 0 Å². The Bertz CT molecular complexity index is 89.4. The molecule has 0 spiro atoms. The molecule has 0 rings (SSSR count). The Morgan fingerprint density at radius 3 is 1.43 bits per heavy atom. The Kier molecular flexibility index (Phi) is 12.5. The molecule has 0 saturated heterocycles. The molecule has 0 saturated carbocycles. The zero-order valence-corrected chi connectivity index (χ0v) is 13.4. The molecule has 0 unspecified atom stereocenters. The molecule has 0 fully saturated rings. The van der Waals surface area contributed by atoms with Crippen LogP contribution in [0.25, 0.3) is 0 Å². The second-order valence-electron chi connectivity index (χ2n) is 4.58. The van der Waals surface area contributed by atoms with E-state index in [1.165, 1.54) is 38.5 Å². The van der Waals surface area contributed by atoms with E-state index in [9.17, 15) is 0 Å². The van der Waals surface area contributed by atoms with Crippen LogP contribution in [-0.4, -0.2) is 19.8 Å². The molecule has 0 aromatic carbocycles. The minimum absolute atomic E-state index is 0.813. The van der Waals surface area contributed by atoms with E-state index in [0.29, 0.717) is 0 Å². The molecule has 0 bridgehead atoms. The summed E-state index contributed by atoms with van der Waals surface area (Å²) in [5.74, 6) is 0. The van der Waals surface area contributed by atoms with Gasteiger partial charge in [0, 0.05) is 0 Å². The summed E-state index contributed by atoms with van der Waals surface area (Å²) in [6, 6.07) is 0. The Morgan fingerprint density at radius 2 is 1.07 bits per heavy atom. The van der Waals surface area contributed by atoms with Crippen LogP contribution in [0.1, 0.15) is 65.2 Å². The Morgan fingerprint density at radius 1 is 0.643 bits per heavy atom. The quantitative estimate of drug-likeness (QED) is 0.381. The molecule has 84 valence electrons. The van der Waals surface area contributed by atoms with Gasteiger partial charge in [0.25, 0.3) is 0 Å². The van der Waals surface area contributed by atoms with E-state index in [-0.39, 0.29) is 0 Å². The van der Waals surface area contributed by atoms with Gasteiger partial charge in [0.05, 0.1) is 0 Å². The second-order valence-corrected chi connectivity index (χ2v) is 12.9. The predicted octanol–water partition coefficient (Wildman–Crippen LogP) is 5.27. The summed E-state index contributed by atoms with van der Waals surface area (Å²) in [5.41, 5.74) is 0. The SMILES string of the molecule is CCCCC[CH2][Sn+]([CH3])[CH2]CCCCC. The molecule has 0 aliphatic heterocycles. The third kappa shape index (κ3) is 10.9. The molecule has 0 aliphatic rings. The van der Waals surface area contributed by atoms with Crippen molar-refractivity contribution in [2.45, 2.75) is 79.0 Å². The van der Waals surface area contributed by atoms with Crippen molar-refractivity contribution in [3.05, 3.63) is 0 Å². The van der Waals surface area contributed by atoms with Crippen molar-refractivity contribution < 1.29 is 0 Å². The van der Waals surface area contributed by atoms with Crippen molar-refractivity contribution >= 4 is 19.8 Å². The molecule has 0 amide bonds. The predicted molar refractivity (Wildman–Crippen MR) is 69.5 cm³/mol. The first-order valence-electron chi connectivity index (χ1n) is 6.62. The Labute approximate surface area is 98.6 Å².